The van der Waals surface area contributed by atoms with Crippen molar-refractivity contribution in [3.8, 4) is 0 Å². The molecule has 7 heteroatoms. The number of ether oxygens (including phenoxy) is 1. The fourth-order valence-corrected chi connectivity index (χ4v) is 4.19. The minimum absolute atomic E-state index is 0. The van der Waals surface area contributed by atoms with Gasteiger partial charge in [0.25, 0.3) is 0 Å². The molecule has 0 spiro atoms. The van der Waals surface area contributed by atoms with Crippen LogP contribution in [-0.4, -0.2) is 43.7 Å². The third kappa shape index (κ3) is 7.30. The van der Waals surface area contributed by atoms with Gasteiger partial charge in [-0.1, -0.05) is 19.1 Å². The van der Waals surface area contributed by atoms with E-state index in [9.17, 15) is 4.39 Å². The normalized spacial score (nSPS) is 21.5. The third-order valence-electron chi connectivity index (χ3n) is 4.33. The second-order valence-corrected chi connectivity index (χ2v) is 7.54. The molecule has 0 aliphatic heterocycles. The summed E-state index contributed by atoms with van der Waals surface area (Å²) in [4.78, 5) is 4.31. The van der Waals surface area contributed by atoms with Crippen LogP contribution in [-0.2, 0) is 4.74 Å². The monoisotopic (exact) mass is 481 g/mol. The van der Waals surface area contributed by atoms with Crippen molar-refractivity contribution in [2.45, 2.75) is 43.6 Å². The van der Waals surface area contributed by atoms with Gasteiger partial charge in [-0.05, 0) is 42.7 Å². The Bertz CT molecular complexity index is 530. The van der Waals surface area contributed by atoms with Crippen molar-refractivity contribution in [1.29, 1.82) is 0 Å². The lowest BCUT2D eigenvalue weighted by molar-refractivity contribution is 0.106. The van der Waals surface area contributed by atoms with Crippen LogP contribution in [0.15, 0.2) is 29.3 Å². The number of nitrogens with zero attached hydrogens (tertiary/aromatic N) is 1. The maximum absolute atomic E-state index is 13.0. The summed E-state index contributed by atoms with van der Waals surface area (Å²) in [5.74, 6) is 1.74. The number of methoxy groups -OCH3 is 1. The van der Waals surface area contributed by atoms with Crippen molar-refractivity contribution < 1.29 is 9.13 Å². The Hall–Kier alpha value is -0.540. The first-order valence-corrected chi connectivity index (χ1v) is 9.58. The molecule has 25 heavy (non-hydrogen) atoms. The maximum Gasteiger partial charge on any atom is 0.191 e. The Morgan fingerprint density at radius 1 is 1.36 bits per heavy atom. The van der Waals surface area contributed by atoms with Crippen molar-refractivity contribution in [2.75, 3.05) is 26.5 Å². The van der Waals surface area contributed by atoms with E-state index in [-0.39, 0.29) is 35.9 Å². The number of hydrogen-bond acceptors (Lipinski definition) is 3. The minimum atomic E-state index is -0.236. The molecule has 3 atom stereocenters. The van der Waals surface area contributed by atoms with Gasteiger partial charge in [0.15, 0.2) is 5.96 Å². The molecule has 1 aliphatic rings. The molecule has 0 radical (unpaired) electrons. The quantitative estimate of drug-likeness (QED) is 0.352. The van der Waals surface area contributed by atoms with E-state index >= 15 is 0 Å². The van der Waals surface area contributed by atoms with Gasteiger partial charge in [-0.3, -0.25) is 4.99 Å². The standard InChI is InChI=1S/C18H28FN3OS.HI/c1-4-24-16-10-9-15(11-16)22-18(20-2)21-12-17(23-3)13-5-7-14(19)8-6-13;/h5-8,15-17H,4,9-12H2,1-3H3,(H2,20,21,22);1H. The van der Waals surface area contributed by atoms with Crippen LogP contribution in [0.3, 0.4) is 0 Å². The molecular weight excluding hydrogens is 452 g/mol. The highest BCUT2D eigenvalue weighted by atomic mass is 127. The number of guanidine groups is 1. The average molecular weight is 481 g/mol. The molecule has 0 heterocycles. The van der Waals surface area contributed by atoms with Gasteiger partial charge < -0.3 is 15.4 Å². The average Bonchev–Trinajstić information content (AvgIpc) is 3.03. The van der Waals surface area contributed by atoms with Crippen LogP contribution in [0.2, 0.25) is 0 Å². The fraction of sp³-hybridized carbons (Fsp3) is 0.611. The number of rotatable bonds is 7. The molecule has 1 aromatic rings. The van der Waals surface area contributed by atoms with E-state index in [1.54, 1.807) is 26.3 Å². The lowest BCUT2D eigenvalue weighted by Gasteiger charge is -2.21. The smallest absolute Gasteiger partial charge is 0.191 e. The largest absolute Gasteiger partial charge is 0.375 e. The summed E-state index contributed by atoms with van der Waals surface area (Å²) >= 11 is 2.05. The second-order valence-electron chi connectivity index (χ2n) is 5.96. The van der Waals surface area contributed by atoms with E-state index in [1.807, 2.05) is 11.8 Å². The summed E-state index contributed by atoms with van der Waals surface area (Å²) in [6.45, 7) is 2.80. The second kappa shape index (κ2) is 12.0. The predicted octanol–water partition coefficient (Wildman–Crippen LogP) is 3.97. The highest BCUT2D eigenvalue weighted by Crippen LogP contribution is 2.29. The van der Waals surface area contributed by atoms with Gasteiger partial charge in [-0.2, -0.15) is 11.8 Å². The first kappa shape index (κ1) is 22.5. The van der Waals surface area contributed by atoms with Gasteiger partial charge in [0, 0.05) is 32.0 Å². The van der Waals surface area contributed by atoms with Crippen LogP contribution in [0.5, 0.6) is 0 Å². The predicted molar refractivity (Wildman–Crippen MR) is 116 cm³/mol. The number of benzene rings is 1. The van der Waals surface area contributed by atoms with Crippen LogP contribution in [0.25, 0.3) is 0 Å². The Morgan fingerprint density at radius 3 is 2.68 bits per heavy atom. The van der Waals surface area contributed by atoms with Crippen molar-refractivity contribution in [1.82, 2.24) is 10.6 Å². The molecule has 1 aromatic carbocycles. The summed E-state index contributed by atoms with van der Waals surface area (Å²) in [6, 6.07) is 6.90. The van der Waals surface area contributed by atoms with Crippen LogP contribution >= 0.6 is 35.7 Å². The molecule has 0 saturated heterocycles. The molecule has 2 N–H and O–H groups in total. The van der Waals surface area contributed by atoms with Crippen LogP contribution in [0.4, 0.5) is 4.39 Å². The topological polar surface area (TPSA) is 45.7 Å². The van der Waals surface area contributed by atoms with Gasteiger partial charge in [-0.25, -0.2) is 4.39 Å². The summed E-state index contributed by atoms with van der Waals surface area (Å²) in [5, 5.41) is 7.59. The van der Waals surface area contributed by atoms with Gasteiger partial charge >= 0.3 is 0 Å². The number of thioether (sulfide) groups is 1. The summed E-state index contributed by atoms with van der Waals surface area (Å²) in [6.07, 6.45) is 3.49. The fourth-order valence-electron chi connectivity index (χ4n) is 3.05. The molecule has 2 rings (SSSR count). The van der Waals surface area contributed by atoms with Crippen molar-refractivity contribution >= 4 is 41.7 Å². The van der Waals surface area contributed by atoms with E-state index in [0.717, 1.165) is 16.8 Å². The van der Waals surface area contributed by atoms with Crippen LogP contribution in [0.1, 0.15) is 37.9 Å². The first-order chi connectivity index (χ1) is 11.7. The number of halogens is 2. The Morgan fingerprint density at radius 2 is 2.08 bits per heavy atom. The highest BCUT2D eigenvalue weighted by Gasteiger charge is 2.25. The molecule has 1 saturated carbocycles. The Kier molecular flexibility index (Phi) is 10.8. The lowest BCUT2D eigenvalue weighted by atomic mass is 10.1. The van der Waals surface area contributed by atoms with E-state index < -0.39 is 0 Å². The van der Waals surface area contributed by atoms with Crippen LogP contribution in [0, 0.1) is 5.82 Å². The highest BCUT2D eigenvalue weighted by molar-refractivity contribution is 14.0. The molecular formula is C18H29FIN3OS. The number of aliphatic imine (C=N–C) groups is 1. The first-order valence-electron chi connectivity index (χ1n) is 8.53. The zero-order chi connectivity index (χ0) is 17.4. The van der Waals surface area contributed by atoms with Gasteiger partial charge in [0.1, 0.15) is 5.82 Å². The van der Waals surface area contributed by atoms with E-state index in [1.165, 1.54) is 37.1 Å². The number of nitrogens with one attached hydrogen (secondary N) is 2. The zero-order valence-corrected chi connectivity index (χ0v) is 18.3. The molecule has 3 unspecified atom stereocenters. The van der Waals surface area contributed by atoms with Gasteiger partial charge in [0.2, 0.25) is 0 Å². The van der Waals surface area contributed by atoms with Crippen molar-refractivity contribution in [2.24, 2.45) is 4.99 Å². The molecule has 142 valence electrons. The molecule has 0 amide bonds. The summed E-state index contributed by atoms with van der Waals surface area (Å²) in [7, 11) is 3.44. The summed E-state index contributed by atoms with van der Waals surface area (Å²) in [5.41, 5.74) is 0.946. The molecule has 0 bridgehead atoms. The van der Waals surface area contributed by atoms with E-state index in [4.69, 9.17) is 4.74 Å². The lowest BCUT2D eigenvalue weighted by Crippen LogP contribution is -2.44. The number of hydrogen-bond donors (Lipinski definition) is 2. The Balaban J connectivity index is 0.00000312. The van der Waals surface area contributed by atoms with Gasteiger partial charge in [-0.15, -0.1) is 24.0 Å². The molecule has 1 aliphatic carbocycles. The zero-order valence-electron chi connectivity index (χ0n) is 15.1. The Labute approximate surface area is 171 Å². The van der Waals surface area contributed by atoms with Crippen molar-refractivity contribution in [3.05, 3.63) is 35.6 Å². The van der Waals surface area contributed by atoms with Crippen LogP contribution < -0.4 is 10.6 Å². The van der Waals surface area contributed by atoms with Gasteiger partial charge in [0.05, 0.1) is 6.10 Å². The molecule has 0 aromatic heterocycles. The minimum Gasteiger partial charge on any atom is -0.375 e. The third-order valence-corrected chi connectivity index (χ3v) is 5.57. The van der Waals surface area contributed by atoms with E-state index in [2.05, 4.69) is 22.5 Å². The molecule has 4 nitrogen and oxygen atoms in total. The summed E-state index contributed by atoms with van der Waals surface area (Å²) < 4.78 is 18.6. The molecule has 1 fully saturated rings. The van der Waals surface area contributed by atoms with E-state index in [0.29, 0.717) is 12.6 Å². The van der Waals surface area contributed by atoms with Crippen molar-refractivity contribution in [3.63, 3.8) is 0 Å². The SMILES string of the molecule is CCSC1CCC(NC(=NC)NCC(OC)c2ccc(F)cc2)C1.I. The maximum atomic E-state index is 13.0.